The van der Waals surface area contributed by atoms with Crippen molar-refractivity contribution in [3.05, 3.63) is 78.8 Å². The molecule has 0 bridgehead atoms. The number of carbonyl (C=O) groups is 1. The minimum Gasteiger partial charge on any atom is -0.490 e. The molecule has 1 amide bonds. The quantitative estimate of drug-likeness (QED) is 0.585. The SMILES string of the molecule is C=C(C(=O)Nc1ccc(F)cc1)C1CCC(Oc2ccnc3ccccc23)CC1. The largest absolute Gasteiger partial charge is 0.490 e. The van der Waals surface area contributed by atoms with Crippen molar-refractivity contribution in [2.24, 2.45) is 5.92 Å². The standard InChI is InChI=1S/C24H23FN2O2/c1-16(24(28)27-19-10-8-18(25)9-11-19)17-6-12-20(13-7-17)29-23-14-15-26-22-5-3-2-4-21(22)23/h2-5,8-11,14-15,17,20H,1,6-7,12-13H2,(H,27,28). The average Bonchev–Trinajstić information content (AvgIpc) is 2.75. The summed E-state index contributed by atoms with van der Waals surface area (Å²) in [5, 5.41) is 3.81. The number of nitrogens with zero attached hydrogens (tertiary/aromatic N) is 1. The molecule has 3 aromatic rings. The fourth-order valence-electron chi connectivity index (χ4n) is 3.81. The van der Waals surface area contributed by atoms with Crippen molar-refractivity contribution in [1.82, 2.24) is 4.98 Å². The highest BCUT2D eigenvalue weighted by Gasteiger charge is 2.27. The Balaban J connectivity index is 1.33. The van der Waals surface area contributed by atoms with Crippen LogP contribution in [0.2, 0.25) is 0 Å². The number of para-hydroxylation sites is 1. The van der Waals surface area contributed by atoms with Crippen molar-refractivity contribution < 1.29 is 13.9 Å². The van der Waals surface area contributed by atoms with E-state index in [1.54, 1.807) is 18.3 Å². The molecule has 4 nitrogen and oxygen atoms in total. The first kappa shape index (κ1) is 19.1. The van der Waals surface area contributed by atoms with Gasteiger partial charge < -0.3 is 10.1 Å². The molecule has 0 aliphatic heterocycles. The van der Waals surface area contributed by atoms with Crippen molar-refractivity contribution in [2.75, 3.05) is 5.32 Å². The Bertz CT molecular complexity index is 1020. The summed E-state index contributed by atoms with van der Waals surface area (Å²) in [6.45, 7) is 4.01. The van der Waals surface area contributed by atoms with E-state index in [0.29, 0.717) is 11.3 Å². The lowest BCUT2D eigenvalue weighted by molar-refractivity contribution is -0.113. The molecule has 1 fully saturated rings. The van der Waals surface area contributed by atoms with Crippen molar-refractivity contribution >= 4 is 22.5 Å². The summed E-state index contributed by atoms with van der Waals surface area (Å²) < 4.78 is 19.3. The van der Waals surface area contributed by atoms with Crippen LogP contribution in [-0.2, 0) is 4.79 Å². The molecule has 2 aromatic carbocycles. The van der Waals surface area contributed by atoms with Gasteiger partial charge in [0.15, 0.2) is 0 Å². The van der Waals surface area contributed by atoms with E-state index < -0.39 is 0 Å². The van der Waals surface area contributed by atoms with Gasteiger partial charge in [0.1, 0.15) is 11.6 Å². The van der Waals surface area contributed by atoms with Gasteiger partial charge >= 0.3 is 0 Å². The number of amides is 1. The Hall–Kier alpha value is -3.21. The molecule has 1 aliphatic carbocycles. The van der Waals surface area contributed by atoms with E-state index in [2.05, 4.69) is 16.9 Å². The van der Waals surface area contributed by atoms with E-state index in [9.17, 15) is 9.18 Å². The number of pyridine rings is 1. The van der Waals surface area contributed by atoms with Crippen LogP contribution >= 0.6 is 0 Å². The van der Waals surface area contributed by atoms with Crippen LogP contribution in [0.4, 0.5) is 10.1 Å². The molecule has 1 saturated carbocycles. The molecular weight excluding hydrogens is 367 g/mol. The van der Waals surface area contributed by atoms with Crippen molar-refractivity contribution in [2.45, 2.75) is 31.8 Å². The van der Waals surface area contributed by atoms with Crippen LogP contribution in [0.15, 0.2) is 72.9 Å². The van der Waals surface area contributed by atoms with E-state index in [4.69, 9.17) is 4.74 Å². The summed E-state index contributed by atoms with van der Waals surface area (Å²) in [4.78, 5) is 16.8. The van der Waals surface area contributed by atoms with Gasteiger partial charge in [0.25, 0.3) is 5.91 Å². The normalized spacial score (nSPS) is 18.9. The van der Waals surface area contributed by atoms with Gasteiger partial charge in [0.2, 0.25) is 0 Å². The molecule has 29 heavy (non-hydrogen) atoms. The van der Waals surface area contributed by atoms with E-state index >= 15 is 0 Å². The van der Waals surface area contributed by atoms with Gasteiger partial charge in [-0.1, -0.05) is 18.7 Å². The number of aromatic nitrogens is 1. The van der Waals surface area contributed by atoms with Crippen molar-refractivity contribution in [3.8, 4) is 5.75 Å². The van der Waals surface area contributed by atoms with E-state index in [1.165, 1.54) is 12.1 Å². The first-order valence-electron chi connectivity index (χ1n) is 9.86. The molecule has 0 spiro atoms. The maximum atomic E-state index is 13.0. The molecule has 1 aliphatic rings. The molecule has 148 valence electrons. The highest BCUT2D eigenvalue weighted by atomic mass is 19.1. The smallest absolute Gasteiger partial charge is 0.251 e. The number of halogens is 1. The number of rotatable bonds is 5. The van der Waals surface area contributed by atoms with Gasteiger partial charge in [-0.15, -0.1) is 0 Å². The van der Waals surface area contributed by atoms with Crippen molar-refractivity contribution in [1.29, 1.82) is 0 Å². The van der Waals surface area contributed by atoms with Crippen LogP contribution in [0.1, 0.15) is 25.7 Å². The lowest BCUT2D eigenvalue weighted by atomic mass is 9.82. The summed E-state index contributed by atoms with van der Waals surface area (Å²) in [7, 11) is 0. The summed E-state index contributed by atoms with van der Waals surface area (Å²) in [6, 6.07) is 15.6. The summed E-state index contributed by atoms with van der Waals surface area (Å²) in [5.41, 5.74) is 2.06. The lowest BCUT2D eigenvalue weighted by Crippen LogP contribution is -2.28. The highest BCUT2D eigenvalue weighted by molar-refractivity contribution is 6.03. The lowest BCUT2D eigenvalue weighted by Gasteiger charge is -2.30. The minimum atomic E-state index is -0.331. The third-order valence-corrected chi connectivity index (χ3v) is 5.46. The first-order valence-corrected chi connectivity index (χ1v) is 9.86. The predicted octanol–water partition coefficient (Wildman–Crippen LogP) is 5.51. The highest BCUT2D eigenvalue weighted by Crippen LogP contribution is 2.33. The van der Waals surface area contributed by atoms with Gasteiger partial charge in [0, 0.05) is 22.8 Å². The van der Waals surface area contributed by atoms with Gasteiger partial charge in [-0.25, -0.2) is 4.39 Å². The average molecular weight is 390 g/mol. The van der Waals surface area contributed by atoms with Gasteiger partial charge in [-0.3, -0.25) is 9.78 Å². The maximum Gasteiger partial charge on any atom is 0.251 e. The summed E-state index contributed by atoms with van der Waals surface area (Å²) in [6.07, 6.45) is 5.32. The Labute approximate surface area is 169 Å². The minimum absolute atomic E-state index is 0.116. The molecule has 1 aromatic heterocycles. The number of hydrogen-bond acceptors (Lipinski definition) is 3. The van der Waals surface area contributed by atoms with E-state index in [-0.39, 0.29) is 23.7 Å². The summed E-state index contributed by atoms with van der Waals surface area (Å²) in [5.74, 6) is 0.444. The van der Waals surface area contributed by atoms with Crippen LogP contribution in [0.5, 0.6) is 5.75 Å². The molecule has 0 unspecified atom stereocenters. The Morgan fingerprint density at radius 3 is 2.52 bits per heavy atom. The zero-order valence-corrected chi connectivity index (χ0v) is 16.1. The van der Waals surface area contributed by atoms with Crippen LogP contribution in [0, 0.1) is 11.7 Å². The van der Waals surface area contributed by atoms with Crippen LogP contribution in [-0.4, -0.2) is 17.0 Å². The molecular formula is C24H23FN2O2. The topological polar surface area (TPSA) is 51.2 Å². The van der Waals surface area contributed by atoms with Crippen LogP contribution in [0.3, 0.4) is 0 Å². The molecule has 1 heterocycles. The Morgan fingerprint density at radius 2 is 1.76 bits per heavy atom. The third-order valence-electron chi connectivity index (χ3n) is 5.46. The summed E-state index contributed by atoms with van der Waals surface area (Å²) >= 11 is 0. The number of ether oxygens (including phenoxy) is 1. The monoisotopic (exact) mass is 390 g/mol. The number of hydrogen-bond donors (Lipinski definition) is 1. The number of anilines is 1. The number of carbonyl (C=O) groups excluding carboxylic acids is 1. The van der Waals surface area contributed by atoms with E-state index in [1.807, 2.05) is 30.3 Å². The van der Waals surface area contributed by atoms with Crippen molar-refractivity contribution in [3.63, 3.8) is 0 Å². The second kappa shape index (κ2) is 8.43. The molecule has 0 radical (unpaired) electrons. The zero-order valence-electron chi connectivity index (χ0n) is 16.1. The molecule has 5 heteroatoms. The second-order valence-corrected chi connectivity index (χ2v) is 7.40. The molecule has 4 rings (SSSR count). The van der Waals surface area contributed by atoms with Crippen LogP contribution in [0.25, 0.3) is 10.9 Å². The zero-order chi connectivity index (χ0) is 20.2. The second-order valence-electron chi connectivity index (χ2n) is 7.40. The molecule has 1 N–H and O–H groups in total. The Kier molecular flexibility index (Phi) is 5.56. The van der Waals surface area contributed by atoms with Gasteiger partial charge in [-0.05, 0) is 74.1 Å². The van der Waals surface area contributed by atoms with E-state index in [0.717, 1.165) is 42.3 Å². The predicted molar refractivity (Wildman–Crippen MR) is 112 cm³/mol. The van der Waals surface area contributed by atoms with Gasteiger partial charge in [-0.2, -0.15) is 0 Å². The van der Waals surface area contributed by atoms with Crippen LogP contribution < -0.4 is 10.1 Å². The molecule has 0 saturated heterocycles. The first-order chi connectivity index (χ1) is 14.1. The maximum absolute atomic E-state index is 13.0. The fraction of sp³-hybridized carbons (Fsp3) is 0.250. The number of nitrogens with one attached hydrogen (secondary N) is 1. The number of benzene rings is 2. The van der Waals surface area contributed by atoms with Gasteiger partial charge in [0.05, 0.1) is 11.6 Å². The Morgan fingerprint density at radius 1 is 1.03 bits per heavy atom. The third kappa shape index (κ3) is 4.45. The molecule has 0 atom stereocenters. The fourth-order valence-corrected chi connectivity index (χ4v) is 3.81. The number of fused-ring (bicyclic) bond motifs is 1.